The second-order valence-electron chi connectivity index (χ2n) is 6.04. The van der Waals surface area contributed by atoms with Gasteiger partial charge in [-0.1, -0.05) is 37.3 Å². The van der Waals surface area contributed by atoms with Crippen LogP contribution in [0.5, 0.6) is 0 Å². The van der Waals surface area contributed by atoms with Crippen LogP contribution in [0.15, 0.2) is 49.1 Å². The van der Waals surface area contributed by atoms with E-state index in [1.54, 1.807) is 0 Å². The summed E-state index contributed by atoms with van der Waals surface area (Å²) in [6.45, 7) is 3.46. The van der Waals surface area contributed by atoms with Crippen LogP contribution < -0.4 is 0 Å². The van der Waals surface area contributed by atoms with Crippen LogP contribution in [-0.2, 0) is 13.0 Å². The molecule has 0 aliphatic carbocycles. The summed E-state index contributed by atoms with van der Waals surface area (Å²) in [7, 11) is 0. The van der Waals surface area contributed by atoms with Gasteiger partial charge in [-0.25, -0.2) is 4.98 Å². The van der Waals surface area contributed by atoms with Gasteiger partial charge in [-0.3, -0.25) is 0 Å². The summed E-state index contributed by atoms with van der Waals surface area (Å²) in [5.41, 5.74) is 1.47. The number of benzene rings is 1. The van der Waals surface area contributed by atoms with Crippen molar-refractivity contribution >= 4 is 23.5 Å². The molecule has 1 saturated heterocycles. The largest absolute Gasteiger partial charge is 0.337 e. The highest BCUT2D eigenvalue weighted by atomic mass is 32.2. The lowest BCUT2D eigenvalue weighted by molar-refractivity contribution is 0.573. The van der Waals surface area contributed by atoms with Gasteiger partial charge < -0.3 is 4.57 Å². The number of nitrogens with zero attached hydrogens (tertiary/aromatic N) is 2. The number of rotatable bonds is 6. The summed E-state index contributed by atoms with van der Waals surface area (Å²) >= 11 is 4.39. The molecule has 0 N–H and O–H groups in total. The molecule has 1 aromatic heterocycles. The van der Waals surface area contributed by atoms with Crippen molar-refractivity contribution in [2.45, 2.75) is 48.5 Å². The first-order valence-corrected chi connectivity index (χ1v) is 9.94. The van der Waals surface area contributed by atoms with Crippen molar-refractivity contribution in [2.75, 3.05) is 5.75 Å². The molecule has 0 bridgehead atoms. The second-order valence-corrected chi connectivity index (χ2v) is 9.60. The number of imidazole rings is 1. The zero-order valence-electron chi connectivity index (χ0n) is 13.1. The zero-order valence-corrected chi connectivity index (χ0v) is 14.8. The fourth-order valence-corrected chi connectivity index (χ4v) is 7.09. The molecule has 0 saturated carbocycles. The molecule has 2 atom stereocenters. The lowest BCUT2D eigenvalue weighted by atomic mass is 10.1. The SMILES string of the molecule is CC1CCSC(CCCn2ccnc2)(Cc2ccccc2)S1. The fourth-order valence-electron chi connectivity index (χ4n) is 3.04. The van der Waals surface area contributed by atoms with E-state index >= 15 is 0 Å². The number of aryl methyl sites for hydroxylation is 1. The molecule has 0 amide bonds. The molecule has 1 fully saturated rings. The highest BCUT2D eigenvalue weighted by molar-refractivity contribution is 8.19. The molecule has 2 unspecified atom stereocenters. The van der Waals surface area contributed by atoms with E-state index < -0.39 is 0 Å². The molecule has 3 rings (SSSR count). The first-order chi connectivity index (χ1) is 10.8. The van der Waals surface area contributed by atoms with Crippen LogP contribution in [0.2, 0.25) is 0 Å². The summed E-state index contributed by atoms with van der Waals surface area (Å²) < 4.78 is 2.54. The quantitative estimate of drug-likeness (QED) is 0.752. The Morgan fingerprint density at radius 2 is 2.18 bits per heavy atom. The van der Waals surface area contributed by atoms with E-state index in [0.29, 0.717) is 4.08 Å². The molecule has 2 heterocycles. The molecular formula is C18H24N2S2. The number of aromatic nitrogens is 2. The number of thioether (sulfide) groups is 2. The molecule has 0 spiro atoms. The van der Waals surface area contributed by atoms with E-state index in [1.807, 2.05) is 12.5 Å². The molecule has 2 aromatic rings. The lowest BCUT2D eigenvalue weighted by Gasteiger charge is -2.39. The Bertz CT molecular complexity index is 556. The second kappa shape index (κ2) is 7.60. The summed E-state index contributed by atoms with van der Waals surface area (Å²) in [5, 5.41) is 0.776. The van der Waals surface area contributed by atoms with Gasteiger partial charge in [0, 0.05) is 24.2 Å². The average Bonchev–Trinajstić information content (AvgIpc) is 3.01. The molecular weight excluding hydrogens is 308 g/mol. The number of hydrogen-bond acceptors (Lipinski definition) is 3. The standard InChI is InChI=1S/C18H24N2S2/c1-16-8-13-21-18(22-16,14-17-6-3-2-4-7-17)9-5-11-20-12-10-19-15-20/h2-4,6-7,10,12,15-16H,5,8-9,11,13-14H2,1H3. The van der Waals surface area contributed by atoms with Gasteiger partial charge in [0.2, 0.25) is 0 Å². The van der Waals surface area contributed by atoms with Crippen LogP contribution in [-0.4, -0.2) is 24.6 Å². The van der Waals surface area contributed by atoms with Crippen molar-refractivity contribution in [1.82, 2.24) is 9.55 Å². The maximum atomic E-state index is 4.14. The Hall–Kier alpha value is -0.870. The first kappa shape index (κ1) is 16.0. The van der Waals surface area contributed by atoms with Crippen LogP contribution in [0, 0.1) is 0 Å². The monoisotopic (exact) mass is 332 g/mol. The minimum Gasteiger partial charge on any atom is -0.337 e. The van der Waals surface area contributed by atoms with Crippen molar-refractivity contribution in [2.24, 2.45) is 0 Å². The minimum atomic E-state index is 0.347. The van der Waals surface area contributed by atoms with Crippen LogP contribution in [0.4, 0.5) is 0 Å². The smallest absolute Gasteiger partial charge is 0.0945 e. The molecule has 118 valence electrons. The third-order valence-corrected chi connectivity index (χ3v) is 7.53. The van der Waals surface area contributed by atoms with Crippen molar-refractivity contribution in [1.29, 1.82) is 0 Å². The third kappa shape index (κ3) is 4.32. The van der Waals surface area contributed by atoms with Crippen molar-refractivity contribution in [3.63, 3.8) is 0 Å². The van der Waals surface area contributed by atoms with Crippen LogP contribution in [0.3, 0.4) is 0 Å². The maximum Gasteiger partial charge on any atom is 0.0945 e. The van der Waals surface area contributed by atoms with E-state index in [1.165, 1.54) is 37.0 Å². The van der Waals surface area contributed by atoms with Crippen molar-refractivity contribution < 1.29 is 0 Å². The highest BCUT2D eigenvalue weighted by Gasteiger charge is 2.36. The Balaban J connectivity index is 1.65. The van der Waals surface area contributed by atoms with Gasteiger partial charge in [0.15, 0.2) is 0 Å². The first-order valence-electron chi connectivity index (χ1n) is 8.07. The van der Waals surface area contributed by atoms with Gasteiger partial charge in [0.25, 0.3) is 0 Å². The van der Waals surface area contributed by atoms with Crippen LogP contribution in [0.25, 0.3) is 0 Å². The van der Waals surface area contributed by atoms with Crippen LogP contribution >= 0.6 is 23.5 Å². The van der Waals surface area contributed by atoms with E-state index in [0.717, 1.165) is 11.8 Å². The van der Waals surface area contributed by atoms with Gasteiger partial charge in [-0.05, 0) is 37.0 Å². The summed E-state index contributed by atoms with van der Waals surface area (Å²) in [6.07, 6.45) is 10.9. The Morgan fingerprint density at radius 1 is 1.32 bits per heavy atom. The molecule has 1 aliphatic rings. The molecule has 1 aliphatic heterocycles. The third-order valence-electron chi connectivity index (χ3n) is 4.15. The summed E-state index contributed by atoms with van der Waals surface area (Å²) in [4.78, 5) is 4.14. The van der Waals surface area contributed by atoms with Gasteiger partial charge in [0.1, 0.15) is 0 Å². The summed E-state index contributed by atoms with van der Waals surface area (Å²) in [6, 6.07) is 11.0. The van der Waals surface area contributed by atoms with E-state index in [9.17, 15) is 0 Å². The Morgan fingerprint density at radius 3 is 2.91 bits per heavy atom. The molecule has 1 aromatic carbocycles. The van der Waals surface area contributed by atoms with Gasteiger partial charge >= 0.3 is 0 Å². The Kier molecular flexibility index (Phi) is 5.53. The topological polar surface area (TPSA) is 17.8 Å². The highest BCUT2D eigenvalue weighted by Crippen LogP contribution is 2.50. The predicted octanol–water partition coefficient (Wildman–Crippen LogP) is 4.86. The average molecular weight is 333 g/mol. The van der Waals surface area contributed by atoms with Gasteiger partial charge in [-0.2, -0.15) is 0 Å². The van der Waals surface area contributed by atoms with Crippen LogP contribution in [0.1, 0.15) is 31.7 Å². The van der Waals surface area contributed by atoms with Crippen molar-refractivity contribution in [3.05, 3.63) is 54.6 Å². The van der Waals surface area contributed by atoms with Gasteiger partial charge in [-0.15, -0.1) is 23.5 Å². The van der Waals surface area contributed by atoms with E-state index in [2.05, 4.69) is 76.5 Å². The molecule has 4 heteroatoms. The normalized spacial score (nSPS) is 25.2. The maximum absolute atomic E-state index is 4.14. The fraction of sp³-hybridized carbons (Fsp3) is 0.500. The van der Waals surface area contributed by atoms with E-state index in [-0.39, 0.29) is 0 Å². The predicted molar refractivity (Wildman–Crippen MR) is 98.5 cm³/mol. The summed E-state index contributed by atoms with van der Waals surface area (Å²) in [5.74, 6) is 1.30. The van der Waals surface area contributed by atoms with Gasteiger partial charge in [0.05, 0.1) is 10.4 Å². The number of hydrogen-bond donors (Lipinski definition) is 0. The molecule has 0 radical (unpaired) electrons. The van der Waals surface area contributed by atoms with E-state index in [4.69, 9.17) is 0 Å². The Labute approximate surface area is 142 Å². The minimum absolute atomic E-state index is 0.347. The molecule has 22 heavy (non-hydrogen) atoms. The van der Waals surface area contributed by atoms with Crippen molar-refractivity contribution in [3.8, 4) is 0 Å². The molecule has 2 nitrogen and oxygen atoms in total. The lowest BCUT2D eigenvalue weighted by Crippen LogP contribution is -2.31. The zero-order chi connectivity index (χ0) is 15.3.